The average molecular weight is 340 g/mol. The van der Waals surface area contributed by atoms with Crippen molar-refractivity contribution in [1.82, 2.24) is 0 Å². The monoisotopic (exact) mass is 339 g/mol. The fourth-order valence-electron chi connectivity index (χ4n) is 0.778. The third-order valence-electron chi connectivity index (χ3n) is 1.44. The normalized spacial score (nSPS) is 9.83. The van der Waals surface area contributed by atoms with Crippen molar-refractivity contribution < 1.29 is 4.79 Å². The second-order valence-electron chi connectivity index (χ2n) is 2.29. The molecule has 1 rings (SSSR count). The Kier molecular flexibility index (Phi) is 3.52. The maximum atomic E-state index is 11.2. The molecule has 12 heavy (non-hydrogen) atoms. The molecular weight excluding hydrogens is 333 g/mol. The lowest BCUT2D eigenvalue weighted by atomic mass is 10.1. The SMILES string of the molecule is Nc1ccc(C(=O)CBr)cc1I. The van der Waals surface area contributed by atoms with E-state index in [0.29, 0.717) is 16.6 Å². The van der Waals surface area contributed by atoms with E-state index < -0.39 is 0 Å². The molecule has 0 aliphatic heterocycles. The standard InChI is InChI=1S/C8H7BrINO/c9-4-8(12)5-1-2-7(11)6(10)3-5/h1-3H,4,11H2. The second kappa shape index (κ2) is 4.23. The van der Waals surface area contributed by atoms with Gasteiger partial charge in [0.25, 0.3) is 0 Å². The number of anilines is 1. The van der Waals surface area contributed by atoms with Crippen molar-refractivity contribution in [3.8, 4) is 0 Å². The molecule has 0 bridgehead atoms. The molecule has 2 nitrogen and oxygen atoms in total. The molecule has 64 valence electrons. The van der Waals surface area contributed by atoms with E-state index in [-0.39, 0.29) is 5.78 Å². The predicted molar refractivity (Wildman–Crippen MR) is 61.7 cm³/mol. The summed E-state index contributed by atoms with van der Waals surface area (Å²) in [7, 11) is 0. The van der Waals surface area contributed by atoms with Crippen LogP contribution in [0.4, 0.5) is 5.69 Å². The van der Waals surface area contributed by atoms with Crippen LogP contribution in [-0.4, -0.2) is 11.1 Å². The Morgan fingerprint density at radius 2 is 2.25 bits per heavy atom. The summed E-state index contributed by atoms with van der Waals surface area (Å²) in [5.74, 6) is 0.0768. The van der Waals surface area contributed by atoms with Gasteiger partial charge in [-0.25, -0.2) is 0 Å². The van der Waals surface area contributed by atoms with E-state index in [1.54, 1.807) is 18.2 Å². The van der Waals surface area contributed by atoms with Crippen LogP contribution >= 0.6 is 38.5 Å². The van der Waals surface area contributed by atoms with Gasteiger partial charge in [0, 0.05) is 14.8 Å². The Morgan fingerprint density at radius 3 is 2.75 bits per heavy atom. The summed E-state index contributed by atoms with van der Waals surface area (Å²) in [5, 5.41) is 0.354. The maximum absolute atomic E-state index is 11.2. The van der Waals surface area contributed by atoms with Gasteiger partial charge in [-0.15, -0.1) is 0 Å². The van der Waals surface area contributed by atoms with Crippen molar-refractivity contribution in [2.45, 2.75) is 0 Å². The first kappa shape index (κ1) is 9.98. The zero-order chi connectivity index (χ0) is 9.14. The minimum Gasteiger partial charge on any atom is -0.398 e. The lowest BCUT2D eigenvalue weighted by Gasteiger charge is -2.00. The maximum Gasteiger partial charge on any atom is 0.173 e. The number of nitrogen functional groups attached to an aromatic ring is 1. The molecule has 0 atom stereocenters. The van der Waals surface area contributed by atoms with Crippen LogP contribution in [0.2, 0.25) is 0 Å². The van der Waals surface area contributed by atoms with E-state index in [2.05, 4.69) is 38.5 Å². The van der Waals surface area contributed by atoms with Gasteiger partial charge in [0.1, 0.15) is 0 Å². The minimum absolute atomic E-state index is 0.0768. The summed E-state index contributed by atoms with van der Waals surface area (Å²) in [6.45, 7) is 0. The second-order valence-corrected chi connectivity index (χ2v) is 4.02. The van der Waals surface area contributed by atoms with Gasteiger partial charge in [0.05, 0.1) is 5.33 Å². The highest BCUT2D eigenvalue weighted by Gasteiger charge is 2.04. The number of hydrogen-bond donors (Lipinski definition) is 1. The predicted octanol–water partition coefficient (Wildman–Crippen LogP) is 2.45. The lowest BCUT2D eigenvalue weighted by Crippen LogP contribution is -2.01. The number of carbonyl (C=O) groups excluding carboxylic acids is 1. The molecular formula is C8H7BrINO. The molecule has 0 radical (unpaired) electrons. The van der Waals surface area contributed by atoms with E-state index in [0.717, 1.165) is 3.57 Å². The number of rotatable bonds is 2. The van der Waals surface area contributed by atoms with Crippen LogP contribution in [0.15, 0.2) is 18.2 Å². The van der Waals surface area contributed by atoms with Gasteiger partial charge in [-0.3, -0.25) is 4.79 Å². The fourth-order valence-corrected chi connectivity index (χ4v) is 1.62. The zero-order valence-electron chi connectivity index (χ0n) is 6.18. The number of benzene rings is 1. The molecule has 1 aromatic rings. The van der Waals surface area contributed by atoms with Gasteiger partial charge in [-0.1, -0.05) is 15.9 Å². The van der Waals surface area contributed by atoms with Crippen LogP contribution in [-0.2, 0) is 0 Å². The molecule has 0 aliphatic rings. The average Bonchev–Trinajstić information content (AvgIpc) is 2.08. The fraction of sp³-hybridized carbons (Fsp3) is 0.125. The summed E-state index contributed by atoms with van der Waals surface area (Å²) in [6, 6.07) is 5.28. The van der Waals surface area contributed by atoms with Crippen molar-refractivity contribution in [3.05, 3.63) is 27.3 Å². The molecule has 1 aromatic carbocycles. The summed E-state index contributed by atoms with van der Waals surface area (Å²) in [4.78, 5) is 11.2. The molecule has 0 aromatic heterocycles. The Bertz CT molecular complexity index is 314. The van der Waals surface area contributed by atoms with E-state index in [4.69, 9.17) is 5.73 Å². The first-order chi connectivity index (χ1) is 5.65. The molecule has 0 fully saturated rings. The Morgan fingerprint density at radius 1 is 1.58 bits per heavy atom. The molecule has 2 N–H and O–H groups in total. The molecule has 0 heterocycles. The minimum atomic E-state index is 0.0768. The Balaban J connectivity index is 3.05. The molecule has 0 amide bonds. The number of alkyl halides is 1. The number of carbonyl (C=O) groups is 1. The van der Waals surface area contributed by atoms with Crippen LogP contribution in [0.25, 0.3) is 0 Å². The van der Waals surface area contributed by atoms with E-state index in [1.165, 1.54) is 0 Å². The number of nitrogens with two attached hydrogens (primary N) is 1. The summed E-state index contributed by atoms with van der Waals surface area (Å²) < 4.78 is 0.916. The topological polar surface area (TPSA) is 43.1 Å². The molecule has 0 unspecified atom stereocenters. The van der Waals surface area contributed by atoms with E-state index in [9.17, 15) is 4.79 Å². The number of halogens is 2. The van der Waals surface area contributed by atoms with E-state index >= 15 is 0 Å². The summed E-state index contributed by atoms with van der Waals surface area (Å²) >= 11 is 5.22. The number of Topliss-reactive ketones (excluding diaryl/α,β-unsaturated/α-hetero) is 1. The van der Waals surface area contributed by atoms with Crippen LogP contribution in [0, 0.1) is 3.57 Å². The van der Waals surface area contributed by atoms with Crippen LogP contribution in [0.1, 0.15) is 10.4 Å². The van der Waals surface area contributed by atoms with Gasteiger partial charge < -0.3 is 5.73 Å². The van der Waals surface area contributed by atoms with Gasteiger partial charge in [0.2, 0.25) is 0 Å². The lowest BCUT2D eigenvalue weighted by molar-refractivity contribution is 0.102. The largest absolute Gasteiger partial charge is 0.398 e. The first-order valence-corrected chi connectivity index (χ1v) is 5.49. The molecule has 0 spiro atoms. The van der Waals surface area contributed by atoms with Crippen molar-refractivity contribution in [3.63, 3.8) is 0 Å². The molecule has 0 saturated heterocycles. The highest BCUT2D eigenvalue weighted by molar-refractivity contribution is 14.1. The van der Waals surface area contributed by atoms with Gasteiger partial charge in [-0.05, 0) is 40.8 Å². The van der Waals surface area contributed by atoms with E-state index in [1.807, 2.05) is 0 Å². The van der Waals surface area contributed by atoms with Crippen molar-refractivity contribution >= 4 is 50.0 Å². The first-order valence-electron chi connectivity index (χ1n) is 3.29. The molecule has 0 aliphatic carbocycles. The highest BCUT2D eigenvalue weighted by atomic mass is 127. The summed E-state index contributed by atoms with van der Waals surface area (Å²) in [5.41, 5.74) is 7.01. The van der Waals surface area contributed by atoms with Crippen molar-refractivity contribution in [1.29, 1.82) is 0 Å². The quantitative estimate of drug-likeness (QED) is 0.389. The third kappa shape index (κ3) is 2.20. The molecule has 4 heteroatoms. The Labute approximate surface area is 92.8 Å². The van der Waals surface area contributed by atoms with Crippen LogP contribution in [0.3, 0.4) is 0 Å². The van der Waals surface area contributed by atoms with Crippen LogP contribution < -0.4 is 5.73 Å². The van der Waals surface area contributed by atoms with Crippen molar-refractivity contribution in [2.24, 2.45) is 0 Å². The smallest absolute Gasteiger partial charge is 0.173 e. The van der Waals surface area contributed by atoms with Crippen LogP contribution in [0.5, 0.6) is 0 Å². The summed E-state index contributed by atoms with van der Waals surface area (Å²) in [6.07, 6.45) is 0. The van der Waals surface area contributed by atoms with Gasteiger partial charge in [-0.2, -0.15) is 0 Å². The third-order valence-corrected chi connectivity index (χ3v) is 2.89. The number of hydrogen-bond acceptors (Lipinski definition) is 2. The molecule has 0 saturated carbocycles. The zero-order valence-corrected chi connectivity index (χ0v) is 9.92. The number of ketones is 1. The highest BCUT2D eigenvalue weighted by Crippen LogP contribution is 2.16. The Hall–Kier alpha value is -0.100. The van der Waals surface area contributed by atoms with Crippen molar-refractivity contribution in [2.75, 3.05) is 11.1 Å². The van der Waals surface area contributed by atoms with Gasteiger partial charge in [0.15, 0.2) is 5.78 Å². The van der Waals surface area contributed by atoms with Gasteiger partial charge >= 0.3 is 0 Å².